The van der Waals surface area contributed by atoms with E-state index < -0.39 is 10.0 Å². The van der Waals surface area contributed by atoms with Crippen molar-refractivity contribution in [1.29, 1.82) is 0 Å². The number of likely N-dealkylation sites (tertiary alicyclic amines) is 1. The van der Waals surface area contributed by atoms with Gasteiger partial charge in [-0.15, -0.1) is 0 Å². The highest BCUT2D eigenvalue weighted by atomic mass is 32.2. The van der Waals surface area contributed by atoms with Crippen molar-refractivity contribution in [3.05, 3.63) is 30.1 Å². The number of carbonyl (C=O) groups is 1. The third kappa shape index (κ3) is 5.55. The molecule has 0 radical (unpaired) electrons. The van der Waals surface area contributed by atoms with Gasteiger partial charge in [-0.3, -0.25) is 14.8 Å². The molecule has 0 saturated carbocycles. The minimum atomic E-state index is -3.59. The quantitative estimate of drug-likeness (QED) is 0.579. The second-order valence-corrected chi connectivity index (χ2v) is 8.42. The molecule has 1 fully saturated rings. The molecule has 1 atom stereocenters. The predicted molar refractivity (Wildman–Crippen MR) is 109 cm³/mol. The van der Waals surface area contributed by atoms with Gasteiger partial charge >= 0.3 is 0 Å². The first kappa shape index (κ1) is 22.9. The number of sulfonamides is 1. The van der Waals surface area contributed by atoms with Gasteiger partial charge in [-0.2, -0.15) is 5.10 Å². The maximum atomic E-state index is 12.8. The van der Waals surface area contributed by atoms with Crippen LogP contribution in [0.5, 0.6) is 5.75 Å². The summed E-state index contributed by atoms with van der Waals surface area (Å²) in [6.45, 7) is 6.16. The van der Waals surface area contributed by atoms with E-state index in [2.05, 4.69) is 26.7 Å². The number of methoxy groups -OCH3 is 1. The molecule has 0 aliphatic carbocycles. The second-order valence-electron chi connectivity index (χ2n) is 6.65. The predicted octanol–water partition coefficient (Wildman–Crippen LogP) is 1.86. The third-order valence-corrected chi connectivity index (χ3v) is 6.44. The second kappa shape index (κ2) is 10.4. The first-order chi connectivity index (χ1) is 13.9. The number of ether oxygens (including phenoxy) is 1. The number of aromatic nitrogens is 2. The fourth-order valence-corrected chi connectivity index (χ4v) is 4.62. The summed E-state index contributed by atoms with van der Waals surface area (Å²) in [5.74, 6) is 0.612. The van der Waals surface area contributed by atoms with Gasteiger partial charge < -0.3 is 9.84 Å². The zero-order chi connectivity index (χ0) is 21.4. The summed E-state index contributed by atoms with van der Waals surface area (Å²) in [5.41, 5.74) is 2.39. The molecule has 1 saturated heterocycles. The SMILES string of the molecule is CCN1CCCC1CNS(=O)(=O)c1ccc(OC)c(-c2cn[nH]c2C)c1.O=CO. The molecular formula is C19H28N4O5S. The van der Waals surface area contributed by atoms with Gasteiger partial charge in [0.1, 0.15) is 5.75 Å². The van der Waals surface area contributed by atoms with Gasteiger partial charge in [0.05, 0.1) is 18.2 Å². The lowest BCUT2D eigenvalue weighted by atomic mass is 10.1. The summed E-state index contributed by atoms with van der Waals surface area (Å²) in [5, 5.41) is 13.8. The molecule has 1 aliphatic rings. The molecule has 1 aromatic carbocycles. The van der Waals surface area contributed by atoms with Crippen LogP contribution in [0.2, 0.25) is 0 Å². The summed E-state index contributed by atoms with van der Waals surface area (Å²) in [4.78, 5) is 10.9. The lowest BCUT2D eigenvalue weighted by Gasteiger charge is -2.23. The fourth-order valence-electron chi connectivity index (χ4n) is 3.52. The molecule has 9 nitrogen and oxygen atoms in total. The Morgan fingerprint density at radius 3 is 2.72 bits per heavy atom. The first-order valence-electron chi connectivity index (χ1n) is 9.37. The van der Waals surface area contributed by atoms with E-state index in [1.807, 2.05) is 6.92 Å². The van der Waals surface area contributed by atoms with Crippen molar-refractivity contribution in [2.45, 2.75) is 37.6 Å². The Labute approximate surface area is 171 Å². The van der Waals surface area contributed by atoms with Crippen molar-refractivity contribution in [2.24, 2.45) is 0 Å². The molecule has 29 heavy (non-hydrogen) atoms. The third-order valence-electron chi connectivity index (χ3n) is 5.02. The number of aryl methyl sites for hydroxylation is 1. The van der Waals surface area contributed by atoms with Crippen LogP contribution in [-0.4, -0.2) is 67.9 Å². The fraction of sp³-hybridized carbons (Fsp3) is 0.474. The summed E-state index contributed by atoms with van der Waals surface area (Å²) in [6.07, 6.45) is 3.82. The van der Waals surface area contributed by atoms with Gasteiger partial charge in [0.15, 0.2) is 0 Å². The minimum Gasteiger partial charge on any atom is -0.496 e. The number of rotatable bonds is 7. The van der Waals surface area contributed by atoms with E-state index in [-0.39, 0.29) is 17.4 Å². The maximum absolute atomic E-state index is 12.8. The van der Waals surface area contributed by atoms with Crippen LogP contribution in [0.25, 0.3) is 11.1 Å². The normalized spacial score (nSPS) is 16.9. The monoisotopic (exact) mass is 424 g/mol. The molecule has 3 N–H and O–H groups in total. The topological polar surface area (TPSA) is 125 Å². The van der Waals surface area contributed by atoms with E-state index in [1.165, 1.54) is 0 Å². The van der Waals surface area contributed by atoms with E-state index in [1.54, 1.807) is 31.5 Å². The van der Waals surface area contributed by atoms with Crippen LogP contribution >= 0.6 is 0 Å². The molecule has 0 amide bonds. The highest BCUT2D eigenvalue weighted by Gasteiger charge is 2.25. The summed E-state index contributed by atoms with van der Waals surface area (Å²) in [7, 11) is -2.02. The Hall–Kier alpha value is -2.43. The highest BCUT2D eigenvalue weighted by Crippen LogP contribution is 2.33. The van der Waals surface area contributed by atoms with Crippen LogP contribution in [0.4, 0.5) is 0 Å². The average Bonchev–Trinajstić information content (AvgIpc) is 3.34. The molecule has 2 aromatic rings. The van der Waals surface area contributed by atoms with Gasteiger partial charge in [-0.25, -0.2) is 13.1 Å². The van der Waals surface area contributed by atoms with Crippen molar-refractivity contribution in [1.82, 2.24) is 19.8 Å². The van der Waals surface area contributed by atoms with Crippen molar-refractivity contribution in [3.8, 4) is 16.9 Å². The number of carboxylic acid groups (broad SMARTS) is 1. The largest absolute Gasteiger partial charge is 0.496 e. The Morgan fingerprint density at radius 1 is 1.41 bits per heavy atom. The van der Waals surface area contributed by atoms with Gasteiger partial charge in [0.25, 0.3) is 6.47 Å². The van der Waals surface area contributed by atoms with Crippen molar-refractivity contribution in [3.63, 3.8) is 0 Å². The Bertz CT molecular complexity index is 913. The smallest absolute Gasteiger partial charge is 0.290 e. The Morgan fingerprint density at radius 2 is 2.14 bits per heavy atom. The van der Waals surface area contributed by atoms with Gasteiger partial charge in [0.2, 0.25) is 10.0 Å². The highest BCUT2D eigenvalue weighted by molar-refractivity contribution is 7.89. The van der Waals surface area contributed by atoms with E-state index in [4.69, 9.17) is 14.6 Å². The molecule has 1 aliphatic heterocycles. The van der Waals surface area contributed by atoms with Gasteiger partial charge in [0, 0.05) is 29.4 Å². The number of nitrogens with zero attached hydrogens (tertiary/aromatic N) is 2. The zero-order valence-corrected chi connectivity index (χ0v) is 17.7. The first-order valence-corrected chi connectivity index (χ1v) is 10.9. The van der Waals surface area contributed by atoms with Gasteiger partial charge in [-0.05, 0) is 51.1 Å². The van der Waals surface area contributed by atoms with Crippen molar-refractivity contribution < 1.29 is 23.1 Å². The van der Waals surface area contributed by atoms with Crippen LogP contribution in [0.3, 0.4) is 0 Å². The molecule has 0 bridgehead atoms. The molecule has 1 aromatic heterocycles. The molecular weight excluding hydrogens is 396 g/mol. The maximum Gasteiger partial charge on any atom is 0.290 e. The van der Waals surface area contributed by atoms with Crippen LogP contribution in [0.15, 0.2) is 29.3 Å². The van der Waals surface area contributed by atoms with Crippen molar-refractivity contribution in [2.75, 3.05) is 26.7 Å². The number of aromatic amines is 1. The number of benzene rings is 1. The number of H-pyrrole nitrogens is 1. The summed E-state index contributed by atoms with van der Waals surface area (Å²) >= 11 is 0. The molecule has 160 valence electrons. The minimum absolute atomic E-state index is 0.231. The molecule has 10 heteroatoms. The Balaban J connectivity index is 0.000000941. The number of likely N-dealkylation sites (N-methyl/N-ethyl adjacent to an activating group) is 1. The van der Waals surface area contributed by atoms with Gasteiger partial charge in [-0.1, -0.05) is 6.92 Å². The number of hydrogen-bond acceptors (Lipinski definition) is 6. The van der Waals surface area contributed by atoms with E-state index in [0.29, 0.717) is 17.9 Å². The van der Waals surface area contributed by atoms with E-state index in [9.17, 15) is 8.42 Å². The van der Waals surface area contributed by atoms with E-state index in [0.717, 1.165) is 37.2 Å². The standard InChI is InChI=1S/C18H26N4O3S.CH2O2/c1-4-22-9-5-6-14(22)11-20-26(23,24)15-7-8-18(25-3)16(10-15)17-12-19-21-13(17)2;2-1-3/h7-8,10,12,14,20H,4-6,9,11H2,1-3H3,(H,19,21);1H,(H,2,3). The van der Waals surface area contributed by atoms with Crippen LogP contribution in [-0.2, 0) is 14.8 Å². The molecule has 2 heterocycles. The van der Waals surface area contributed by atoms with Crippen LogP contribution in [0.1, 0.15) is 25.5 Å². The van der Waals surface area contributed by atoms with Crippen molar-refractivity contribution >= 4 is 16.5 Å². The summed E-state index contributed by atoms with van der Waals surface area (Å²) in [6, 6.07) is 5.17. The molecule has 1 unspecified atom stereocenters. The number of hydrogen-bond donors (Lipinski definition) is 3. The lowest BCUT2D eigenvalue weighted by Crippen LogP contribution is -2.39. The lowest BCUT2D eigenvalue weighted by molar-refractivity contribution is -0.122. The molecule has 0 spiro atoms. The van der Waals surface area contributed by atoms with Crippen LogP contribution < -0.4 is 9.46 Å². The van der Waals surface area contributed by atoms with E-state index >= 15 is 0 Å². The number of nitrogens with one attached hydrogen (secondary N) is 2. The molecule has 3 rings (SSSR count). The zero-order valence-electron chi connectivity index (χ0n) is 16.9. The summed E-state index contributed by atoms with van der Waals surface area (Å²) < 4.78 is 33.8. The van der Waals surface area contributed by atoms with Crippen LogP contribution in [0, 0.1) is 6.92 Å². The average molecular weight is 425 g/mol. The Kier molecular flexibility index (Phi) is 8.18.